The maximum absolute atomic E-state index is 14.7. The Balaban J connectivity index is 1.59. The Morgan fingerprint density at radius 2 is 1.71 bits per heavy atom. The normalized spacial score (nSPS) is 18.1. The van der Waals surface area contributed by atoms with E-state index < -0.39 is 12.1 Å². The molecule has 1 fully saturated rings. The summed E-state index contributed by atoms with van der Waals surface area (Å²) in [5.74, 6) is -0.505. The first kappa shape index (κ1) is 28.4. The van der Waals surface area contributed by atoms with Crippen LogP contribution in [0.4, 0.5) is 5.69 Å². The summed E-state index contributed by atoms with van der Waals surface area (Å²) in [5, 5.41) is 13.4. The van der Waals surface area contributed by atoms with Crippen molar-refractivity contribution in [2.45, 2.75) is 89.4 Å². The second-order valence-corrected chi connectivity index (χ2v) is 12.3. The number of fused-ring (bicyclic) bond motifs is 1. The summed E-state index contributed by atoms with van der Waals surface area (Å²) in [6.07, 6.45) is 11.2. The molecule has 212 valence electrons. The predicted molar refractivity (Wildman–Crippen MR) is 160 cm³/mol. The summed E-state index contributed by atoms with van der Waals surface area (Å²) in [5.41, 5.74) is 4.40. The number of hydrogen-bond donors (Lipinski definition) is 1. The SMILES string of the molecule is CC(C)(C)c1ccc(N(C(=O)[C@H]2Cc3ccccc3CN2C#N)C(C(=O)NC2CCCCC2)c2cccnc2)cc1. The Morgan fingerprint density at radius 3 is 2.34 bits per heavy atom. The van der Waals surface area contributed by atoms with Crippen molar-refractivity contribution in [2.24, 2.45) is 0 Å². The number of hydrogen-bond acceptors (Lipinski definition) is 5. The molecule has 1 aliphatic carbocycles. The highest BCUT2D eigenvalue weighted by Crippen LogP contribution is 2.34. The van der Waals surface area contributed by atoms with Crippen LogP contribution in [-0.4, -0.2) is 33.8 Å². The van der Waals surface area contributed by atoms with Crippen LogP contribution in [0, 0.1) is 11.5 Å². The third-order valence-corrected chi connectivity index (χ3v) is 8.37. The van der Waals surface area contributed by atoms with Crippen LogP contribution in [0.5, 0.6) is 0 Å². The highest BCUT2D eigenvalue weighted by atomic mass is 16.2. The molecule has 2 heterocycles. The highest BCUT2D eigenvalue weighted by Gasteiger charge is 2.41. The van der Waals surface area contributed by atoms with Gasteiger partial charge in [0.25, 0.3) is 5.91 Å². The van der Waals surface area contributed by atoms with Crippen LogP contribution in [0.25, 0.3) is 0 Å². The lowest BCUT2D eigenvalue weighted by atomic mass is 9.87. The molecule has 7 heteroatoms. The molecule has 1 unspecified atom stereocenters. The molecular weight excluding hydrogens is 510 g/mol. The van der Waals surface area contributed by atoms with Crippen molar-refractivity contribution in [1.82, 2.24) is 15.2 Å². The van der Waals surface area contributed by atoms with E-state index in [1.54, 1.807) is 28.3 Å². The second kappa shape index (κ2) is 12.1. The van der Waals surface area contributed by atoms with E-state index in [-0.39, 0.29) is 23.3 Å². The molecule has 2 amide bonds. The molecule has 1 N–H and O–H groups in total. The molecule has 1 aliphatic heterocycles. The van der Waals surface area contributed by atoms with Crippen molar-refractivity contribution in [3.05, 3.63) is 95.3 Å². The Morgan fingerprint density at radius 1 is 1.00 bits per heavy atom. The van der Waals surface area contributed by atoms with Crippen LogP contribution < -0.4 is 10.2 Å². The molecule has 0 spiro atoms. The number of carbonyl (C=O) groups is 2. The van der Waals surface area contributed by atoms with Gasteiger partial charge in [-0.3, -0.25) is 24.4 Å². The molecule has 7 nitrogen and oxygen atoms in total. The van der Waals surface area contributed by atoms with E-state index in [1.165, 1.54) is 6.42 Å². The number of pyridine rings is 1. The second-order valence-electron chi connectivity index (χ2n) is 12.3. The van der Waals surface area contributed by atoms with E-state index in [9.17, 15) is 14.9 Å². The van der Waals surface area contributed by atoms with Crippen LogP contribution in [0.1, 0.15) is 81.2 Å². The molecule has 0 bridgehead atoms. The van der Waals surface area contributed by atoms with Crippen LogP contribution in [0.3, 0.4) is 0 Å². The van der Waals surface area contributed by atoms with Crippen LogP contribution >= 0.6 is 0 Å². The number of nitrogens with zero attached hydrogens (tertiary/aromatic N) is 4. The number of carbonyl (C=O) groups excluding carboxylic acids is 2. The van der Waals surface area contributed by atoms with Gasteiger partial charge in [0.05, 0.1) is 6.54 Å². The monoisotopic (exact) mass is 549 g/mol. The fraction of sp³-hybridized carbons (Fsp3) is 0.412. The van der Waals surface area contributed by atoms with Gasteiger partial charge in [0, 0.05) is 36.1 Å². The van der Waals surface area contributed by atoms with E-state index >= 15 is 0 Å². The van der Waals surface area contributed by atoms with Gasteiger partial charge in [-0.05, 0) is 53.1 Å². The molecule has 3 aromatic rings. The Bertz CT molecular complexity index is 1400. The number of rotatable bonds is 6. The lowest BCUT2D eigenvalue weighted by molar-refractivity contribution is -0.129. The topological polar surface area (TPSA) is 89.3 Å². The van der Waals surface area contributed by atoms with E-state index in [4.69, 9.17) is 0 Å². The van der Waals surface area contributed by atoms with Crippen molar-refractivity contribution in [3.63, 3.8) is 0 Å². The third-order valence-electron chi connectivity index (χ3n) is 8.37. The van der Waals surface area contributed by atoms with E-state index in [0.29, 0.717) is 24.2 Å². The zero-order chi connectivity index (χ0) is 29.0. The van der Waals surface area contributed by atoms with Crippen LogP contribution in [0.2, 0.25) is 0 Å². The Hall–Kier alpha value is -4.18. The van der Waals surface area contributed by atoms with E-state index in [0.717, 1.165) is 42.4 Å². The number of amides is 2. The quantitative estimate of drug-likeness (QED) is 0.392. The number of aromatic nitrogens is 1. The van der Waals surface area contributed by atoms with Gasteiger partial charge in [0.15, 0.2) is 6.19 Å². The molecule has 0 radical (unpaired) electrons. The van der Waals surface area contributed by atoms with Gasteiger partial charge in [-0.2, -0.15) is 5.26 Å². The molecule has 1 saturated carbocycles. The average molecular weight is 550 g/mol. The maximum Gasteiger partial charge on any atom is 0.251 e. The third kappa shape index (κ3) is 6.27. The minimum absolute atomic E-state index is 0.0703. The van der Waals surface area contributed by atoms with Gasteiger partial charge in [-0.15, -0.1) is 0 Å². The van der Waals surface area contributed by atoms with E-state index in [2.05, 4.69) is 37.3 Å². The first-order valence-electron chi connectivity index (χ1n) is 14.6. The largest absolute Gasteiger partial charge is 0.351 e. The van der Waals surface area contributed by atoms with Crippen molar-refractivity contribution in [2.75, 3.05) is 4.90 Å². The minimum atomic E-state index is -0.934. The van der Waals surface area contributed by atoms with Crippen molar-refractivity contribution < 1.29 is 9.59 Å². The Kier molecular flexibility index (Phi) is 8.39. The van der Waals surface area contributed by atoms with Gasteiger partial charge >= 0.3 is 0 Å². The minimum Gasteiger partial charge on any atom is -0.351 e. The number of anilines is 1. The standard InChI is InChI=1S/C34H39N5O2/c1-34(2,3)27-15-17-29(18-16-27)39(33(41)30-20-24-10-7-8-11-26(24)22-38(30)23-35)31(25-12-9-19-36-21-25)32(40)37-28-13-5-4-6-14-28/h7-12,15-19,21,28,30-31H,4-6,13-14,20,22H2,1-3H3,(H,37,40)/t30-,31?/m1/s1. The molecule has 1 aromatic heterocycles. The molecule has 0 saturated heterocycles. The van der Waals surface area contributed by atoms with Gasteiger partial charge < -0.3 is 5.32 Å². The molecule has 2 atom stereocenters. The zero-order valence-electron chi connectivity index (χ0n) is 24.2. The molecular formula is C34H39N5O2. The average Bonchev–Trinajstić information content (AvgIpc) is 2.99. The lowest BCUT2D eigenvalue weighted by Gasteiger charge is -2.39. The summed E-state index contributed by atoms with van der Waals surface area (Å²) >= 11 is 0. The first-order valence-corrected chi connectivity index (χ1v) is 14.6. The molecule has 2 aromatic carbocycles. The summed E-state index contributed by atoms with van der Waals surface area (Å²) in [7, 11) is 0. The summed E-state index contributed by atoms with van der Waals surface area (Å²) in [6.45, 7) is 6.79. The fourth-order valence-corrected chi connectivity index (χ4v) is 6.02. The molecule has 2 aliphatic rings. The maximum atomic E-state index is 14.7. The smallest absolute Gasteiger partial charge is 0.251 e. The fourth-order valence-electron chi connectivity index (χ4n) is 6.02. The summed E-state index contributed by atoms with van der Waals surface area (Å²) in [6, 6.07) is 17.9. The van der Waals surface area contributed by atoms with Crippen molar-refractivity contribution in [1.29, 1.82) is 5.26 Å². The number of nitriles is 1. The zero-order valence-corrected chi connectivity index (χ0v) is 24.2. The first-order chi connectivity index (χ1) is 19.8. The summed E-state index contributed by atoms with van der Waals surface area (Å²) in [4.78, 5) is 36.3. The molecule has 41 heavy (non-hydrogen) atoms. The van der Waals surface area contributed by atoms with E-state index in [1.807, 2.05) is 54.6 Å². The highest BCUT2D eigenvalue weighted by molar-refractivity contribution is 6.04. The van der Waals surface area contributed by atoms with Crippen LogP contribution in [0.15, 0.2) is 73.1 Å². The summed E-state index contributed by atoms with van der Waals surface area (Å²) < 4.78 is 0. The van der Waals surface area contributed by atoms with Crippen LogP contribution in [-0.2, 0) is 28.0 Å². The van der Waals surface area contributed by atoms with Gasteiger partial charge in [0.2, 0.25) is 5.91 Å². The van der Waals surface area contributed by atoms with Crippen molar-refractivity contribution >= 4 is 17.5 Å². The molecule has 5 rings (SSSR count). The number of benzene rings is 2. The Labute approximate surface area is 243 Å². The number of nitrogens with one attached hydrogen (secondary N) is 1. The van der Waals surface area contributed by atoms with Gasteiger partial charge in [-0.1, -0.05) is 82.5 Å². The predicted octanol–water partition coefficient (Wildman–Crippen LogP) is 5.81. The lowest BCUT2D eigenvalue weighted by Crippen LogP contribution is -2.54. The van der Waals surface area contributed by atoms with Gasteiger partial charge in [0.1, 0.15) is 12.1 Å². The van der Waals surface area contributed by atoms with Crippen molar-refractivity contribution in [3.8, 4) is 6.19 Å². The van der Waals surface area contributed by atoms with Gasteiger partial charge in [-0.25, -0.2) is 0 Å².